The maximum atomic E-state index is 2.54. The second-order valence-electron chi connectivity index (χ2n) is 3.84. The highest BCUT2D eigenvalue weighted by molar-refractivity contribution is 4.99. The van der Waals surface area contributed by atoms with Gasteiger partial charge in [-0.05, 0) is 0 Å². The van der Waals surface area contributed by atoms with Crippen molar-refractivity contribution in [1.29, 1.82) is 0 Å². The van der Waals surface area contributed by atoms with Gasteiger partial charge in [0.1, 0.15) is 0 Å². The Morgan fingerprint density at radius 2 is 0.643 bits per heavy atom. The maximum absolute atomic E-state index is 2.54. The molecule has 2 bridgehead atoms. The van der Waals surface area contributed by atoms with E-state index in [2.05, 4.69) is 9.80 Å². The number of piperazine rings is 3. The number of rotatable bonds is 0. The van der Waals surface area contributed by atoms with E-state index in [0.717, 1.165) is 0 Å². The van der Waals surface area contributed by atoms with E-state index in [0.29, 0.717) is 0 Å². The minimum atomic E-state index is 1.32. The largest absolute Gasteiger partial charge is 0.300 e. The number of nitrogens with zero attached hydrogens (tertiary/aromatic N) is 2. The van der Waals surface area contributed by atoms with E-state index in [9.17, 15) is 0 Å². The molecule has 1 aromatic carbocycles. The van der Waals surface area contributed by atoms with E-state index in [1.54, 1.807) is 0 Å². The Morgan fingerprint density at radius 3 is 0.786 bits per heavy atom. The first-order valence-electron chi connectivity index (χ1n) is 5.40. The monoisotopic (exact) mass is 190 g/mol. The van der Waals surface area contributed by atoms with Crippen molar-refractivity contribution in [2.24, 2.45) is 0 Å². The third-order valence-corrected chi connectivity index (χ3v) is 2.86. The molecule has 0 unspecified atom stereocenters. The van der Waals surface area contributed by atoms with Crippen molar-refractivity contribution in [3.05, 3.63) is 36.4 Å². The van der Waals surface area contributed by atoms with Gasteiger partial charge < -0.3 is 0 Å². The molecule has 0 aliphatic carbocycles. The minimum Gasteiger partial charge on any atom is -0.300 e. The highest BCUT2D eigenvalue weighted by Crippen LogP contribution is 2.06. The van der Waals surface area contributed by atoms with E-state index in [-0.39, 0.29) is 0 Å². The number of hydrogen-bond donors (Lipinski definition) is 0. The van der Waals surface area contributed by atoms with Gasteiger partial charge in [0.05, 0.1) is 0 Å². The van der Waals surface area contributed by atoms with Crippen molar-refractivity contribution in [1.82, 2.24) is 9.80 Å². The molecule has 0 amide bonds. The van der Waals surface area contributed by atoms with Gasteiger partial charge in [0, 0.05) is 39.3 Å². The highest BCUT2D eigenvalue weighted by atomic mass is 15.3. The van der Waals surface area contributed by atoms with Crippen molar-refractivity contribution in [2.75, 3.05) is 39.3 Å². The SMILES string of the molecule is C1CN2CCN1CC2.c1ccccc1. The molecule has 3 aliphatic rings. The molecule has 3 saturated heterocycles. The van der Waals surface area contributed by atoms with Gasteiger partial charge in [-0.25, -0.2) is 0 Å². The Kier molecular flexibility index (Phi) is 3.55. The van der Waals surface area contributed by atoms with Gasteiger partial charge in [0.25, 0.3) is 0 Å². The second-order valence-corrected chi connectivity index (χ2v) is 3.84. The Labute approximate surface area is 86.1 Å². The standard InChI is InChI=1S/C6H12N2.C6H6/c1-2-8-5-3-7(1)4-6-8;1-2-4-6-5-3-1/h1-6H2;1-6H. The molecule has 0 N–H and O–H groups in total. The van der Waals surface area contributed by atoms with Crippen molar-refractivity contribution in [3.8, 4) is 0 Å². The molecular formula is C12H18N2. The van der Waals surface area contributed by atoms with Gasteiger partial charge in [-0.2, -0.15) is 0 Å². The summed E-state index contributed by atoms with van der Waals surface area (Å²) in [5.74, 6) is 0. The first-order chi connectivity index (χ1) is 6.95. The molecule has 2 nitrogen and oxygen atoms in total. The zero-order valence-electron chi connectivity index (χ0n) is 8.60. The van der Waals surface area contributed by atoms with Gasteiger partial charge >= 0.3 is 0 Å². The maximum Gasteiger partial charge on any atom is 0.0110 e. The molecule has 0 radical (unpaired) electrons. The van der Waals surface area contributed by atoms with Crippen LogP contribution in [-0.4, -0.2) is 49.1 Å². The van der Waals surface area contributed by atoms with Crippen LogP contribution in [0.5, 0.6) is 0 Å². The van der Waals surface area contributed by atoms with Gasteiger partial charge in [-0.15, -0.1) is 0 Å². The zero-order valence-corrected chi connectivity index (χ0v) is 8.60. The third-order valence-electron chi connectivity index (χ3n) is 2.86. The third kappa shape index (κ3) is 2.82. The van der Waals surface area contributed by atoms with Crippen LogP contribution in [0, 0.1) is 0 Å². The number of hydrogen-bond acceptors (Lipinski definition) is 2. The zero-order chi connectivity index (χ0) is 9.64. The average Bonchev–Trinajstić information content (AvgIpc) is 2.35. The van der Waals surface area contributed by atoms with Crippen LogP contribution in [0.3, 0.4) is 0 Å². The summed E-state index contributed by atoms with van der Waals surface area (Å²) in [6.45, 7) is 7.92. The van der Waals surface area contributed by atoms with Crippen LogP contribution in [0.2, 0.25) is 0 Å². The van der Waals surface area contributed by atoms with E-state index >= 15 is 0 Å². The molecule has 0 spiro atoms. The summed E-state index contributed by atoms with van der Waals surface area (Å²) in [5.41, 5.74) is 0. The summed E-state index contributed by atoms with van der Waals surface area (Å²) < 4.78 is 0. The lowest BCUT2D eigenvalue weighted by molar-refractivity contribution is 0.0647. The second kappa shape index (κ2) is 5.13. The summed E-state index contributed by atoms with van der Waals surface area (Å²) in [4.78, 5) is 5.08. The minimum absolute atomic E-state index is 1.32. The predicted molar refractivity (Wildman–Crippen MR) is 59.3 cm³/mol. The van der Waals surface area contributed by atoms with Crippen LogP contribution in [-0.2, 0) is 0 Å². The van der Waals surface area contributed by atoms with E-state index in [1.165, 1.54) is 39.3 Å². The van der Waals surface area contributed by atoms with E-state index < -0.39 is 0 Å². The molecule has 3 fully saturated rings. The molecule has 0 saturated carbocycles. The van der Waals surface area contributed by atoms with Crippen molar-refractivity contribution in [3.63, 3.8) is 0 Å². The summed E-state index contributed by atoms with van der Waals surface area (Å²) in [5, 5.41) is 0. The molecule has 0 aromatic heterocycles. The van der Waals surface area contributed by atoms with Gasteiger partial charge in [-0.3, -0.25) is 9.80 Å². The molecule has 14 heavy (non-hydrogen) atoms. The van der Waals surface area contributed by atoms with Crippen LogP contribution < -0.4 is 0 Å². The first-order valence-corrected chi connectivity index (χ1v) is 5.40. The Hall–Kier alpha value is -0.860. The van der Waals surface area contributed by atoms with Crippen LogP contribution in [0.1, 0.15) is 0 Å². The Bertz CT molecular complexity index is 190. The molecule has 0 atom stereocenters. The molecular weight excluding hydrogens is 172 g/mol. The lowest BCUT2D eigenvalue weighted by Gasteiger charge is -2.41. The molecule has 76 valence electrons. The number of benzene rings is 1. The fourth-order valence-corrected chi connectivity index (χ4v) is 1.90. The van der Waals surface area contributed by atoms with Crippen molar-refractivity contribution in [2.45, 2.75) is 0 Å². The van der Waals surface area contributed by atoms with E-state index in [4.69, 9.17) is 0 Å². The van der Waals surface area contributed by atoms with Gasteiger partial charge in [-0.1, -0.05) is 36.4 Å². The van der Waals surface area contributed by atoms with Crippen molar-refractivity contribution < 1.29 is 0 Å². The number of fused-ring (bicyclic) bond motifs is 3. The van der Waals surface area contributed by atoms with Crippen LogP contribution in [0.15, 0.2) is 36.4 Å². The Balaban J connectivity index is 0.000000112. The smallest absolute Gasteiger partial charge is 0.0110 e. The molecule has 4 rings (SSSR count). The molecule has 3 aliphatic heterocycles. The molecule has 2 heteroatoms. The summed E-state index contributed by atoms with van der Waals surface area (Å²) in [7, 11) is 0. The lowest BCUT2D eigenvalue weighted by Crippen LogP contribution is -2.55. The fraction of sp³-hybridized carbons (Fsp3) is 0.500. The van der Waals surface area contributed by atoms with Gasteiger partial charge in [0.2, 0.25) is 0 Å². The fourth-order valence-electron chi connectivity index (χ4n) is 1.90. The van der Waals surface area contributed by atoms with Crippen LogP contribution in [0.4, 0.5) is 0 Å². The first kappa shape index (κ1) is 9.69. The van der Waals surface area contributed by atoms with E-state index in [1.807, 2.05) is 36.4 Å². The van der Waals surface area contributed by atoms with Gasteiger partial charge in [0.15, 0.2) is 0 Å². The normalized spacial score (nSPS) is 29.1. The summed E-state index contributed by atoms with van der Waals surface area (Å²) in [6, 6.07) is 12.0. The topological polar surface area (TPSA) is 6.48 Å². The van der Waals surface area contributed by atoms with Crippen LogP contribution in [0.25, 0.3) is 0 Å². The van der Waals surface area contributed by atoms with Crippen LogP contribution >= 0.6 is 0 Å². The summed E-state index contributed by atoms with van der Waals surface area (Å²) >= 11 is 0. The average molecular weight is 190 g/mol. The predicted octanol–water partition coefficient (Wildman–Crippen LogP) is 1.30. The molecule has 3 heterocycles. The highest BCUT2D eigenvalue weighted by Gasteiger charge is 2.21. The molecule has 1 aromatic rings. The Morgan fingerprint density at radius 1 is 0.429 bits per heavy atom. The lowest BCUT2D eigenvalue weighted by atomic mass is 10.2. The van der Waals surface area contributed by atoms with Crippen molar-refractivity contribution >= 4 is 0 Å². The quantitative estimate of drug-likeness (QED) is 0.608. The summed E-state index contributed by atoms with van der Waals surface area (Å²) in [6.07, 6.45) is 0.